The summed E-state index contributed by atoms with van der Waals surface area (Å²) in [6.07, 6.45) is 4.26. The van der Waals surface area contributed by atoms with E-state index in [1.807, 2.05) is 13.0 Å². The molecule has 2 aromatic carbocycles. The third-order valence-electron chi connectivity index (χ3n) is 6.23. The summed E-state index contributed by atoms with van der Waals surface area (Å²) in [6, 6.07) is 21.1. The van der Waals surface area contributed by atoms with E-state index in [1.165, 1.54) is 11.1 Å². The highest BCUT2D eigenvalue weighted by Crippen LogP contribution is 2.35. The minimum atomic E-state index is -0.135. The Balaban J connectivity index is 1.50. The highest BCUT2D eigenvalue weighted by atomic mass is 16.5. The zero-order valence-corrected chi connectivity index (χ0v) is 18.4. The van der Waals surface area contributed by atoms with E-state index in [4.69, 9.17) is 4.74 Å². The van der Waals surface area contributed by atoms with Gasteiger partial charge in [-0.25, -0.2) is 0 Å². The summed E-state index contributed by atoms with van der Waals surface area (Å²) < 4.78 is 5.47. The maximum absolute atomic E-state index is 12.8. The first-order valence-corrected chi connectivity index (χ1v) is 11.4. The number of carbonyl (C=O) groups excluding carboxylic acids is 1. The minimum absolute atomic E-state index is 0.0557. The molecule has 1 aliphatic rings. The van der Waals surface area contributed by atoms with E-state index in [1.54, 1.807) is 0 Å². The SMILES string of the molecule is CCOC(=O)[C@@H]1[C@H](CCCNCCc2ccccc2)CCN1[C@@H](C)c1ccccc1. The molecule has 0 aliphatic carbocycles. The molecule has 0 amide bonds. The van der Waals surface area contributed by atoms with E-state index in [0.29, 0.717) is 12.5 Å². The van der Waals surface area contributed by atoms with Crippen molar-refractivity contribution in [2.24, 2.45) is 5.92 Å². The van der Waals surface area contributed by atoms with E-state index >= 15 is 0 Å². The molecule has 1 aliphatic heterocycles. The predicted molar refractivity (Wildman–Crippen MR) is 122 cm³/mol. The van der Waals surface area contributed by atoms with Crippen molar-refractivity contribution in [1.29, 1.82) is 0 Å². The van der Waals surface area contributed by atoms with Crippen LogP contribution in [0.15, 0.2) is 60.7 Å². The van der Waals surface area contributed by atoms with Gasteiger partial charge in [0.25, 0.3) is 0 Å². The van der Waals surface area contributed by atoms with Gasteiger partial charge in [-0.05, 0) is 76.2 Å². The normalized spacial score (nSPS) is 20.2. The molecule has 0 bridgehead atoms. The van der Waals surface area contributed by atoms with Gasteiger partial charge in [0.1, 0.15) is 6.04 Å². The third kappa shape index (κ3) is 6.16. The van der Waals surface area contributed by atoms with E-state index in [9.17, 15) is 4.79 Å². The summed E-state index contributed by atoms with van der Waals surface area (Å²) in [4.78, 5) is 15.2. The quantitative estimate of drug-likeness (QED) is 0.435. The van der Waals surface area contributed by atoms with E-state index < -0.39 is 0 Å². The highest BCUT2D eigenvalue weighted by Gasteiger charge is 2.42. The molecular formula is C26H36N2O2. The smallest absolute Gasteiger partial charge is 0.323 e. The third-order valence-corrected chi connectivity index (χ3v) is 6.23. The molecule has 0 aromatic heterocycles. The molecule has 3 rings (SSSR count). The Morgan fingerprint density at radius 3 is 2.50 bits per heavy atom. The van der Waals surface area contributed by atoms with E-state index in [0.717, 1.165) is 45.3 Å². The molecule has 1 heterocycles. The number of hydrogen-bond donors (Lipinski definition) is 1. The second kappa shape index (κ2) is 11.9. The summed E-state index contributed by atoms with van der Waals surface area (Å²) >= 11 is 0. The first-order valence-electron chi connectivity index (χ1n) is 11.4. The van der Waals surface area contributed by atoms with Gasteiger partial charge < -0.3 is 10.1 Å². The highest BCUT2D eigenvalue weighted by molar-refractivity contribution is 5.76. The lowest BCUT2D eigenvalue weighted by Crippen LogP contribution is -2.42. The van der Waals surface area contributed by atoms with Crippen molar-refractivity contribution < 1.29 is 9.53 Å². The lowest BCUT2D eigenvalue weighted by molar-refractivity contribution is -0.150. The van der Waals surface area contributed by atoms with Gasteiger partial charge in [-0.3, -0.25) is 9.69 Å². The number of carbonyl (C=O) groups is 1. The van der Waals surface area contributed by atoms with Crippen LogP contribution in [0.5, 0.6) is 0 Å². The zero-order chi connectivity index (χ0) is 21.2. The fraction of sp³-hybridized carbons (Fsp3) is 0.500. The Labute approximate surface area is 181 Å². The molecule has 3 atom stereocenters. The van der Waals surface area contributed by atoms with Crippen LogP contribution in [0, 0.1) is 5.92 Å². The zero-order valence-electron chi connectivity index (χ0n) is 18.4. The number of ether oxygens (including phenoxy) is 1. The Morgan fingerprint density at radius 2 is 1.80 bits per heavy atom. The molecule has 30 heavy (non-hydrogen) atoms. The van der Waals surface area contributed by atoms with Gasteiger partial charge in [0.05, 0.1) is 6.61 Å². The van der Waals surface area contributed by atoms with Gasteiger partial charge in [0.15, 0.2) is 0 Å². The molecule has 0 saturated carbocycles. The van der Waals surface area contributed by atoms with Crippen LogP contribution in [0.25, 0.3) is 0 Å². The number of esters is 1. The maximum atomic E-state index is 12.8. The van der Waals surface area contributed by atoms with Crippen LogP contribution in [-0.4, -0.2) is 43.2 Å². The van der Waals surface area contributed by atoms with Gasteiger partial charge in [-0.15, -0.1) is 0 Å². The summed E-state index contributed by atoms with van der Waals surface area (Å²) in [6.45, 7) is 7.47. The number of hydrogen-bond acceptors (Lipinski definition) is 4. The Kier molecular flexibility index (Phi) is 8.91. The first-order chi connectivity index (χ1) is 14.7. The van der Waals surface area contributed by atoms with Gasteiger partial charge in [0, 0.05) is 6.04 Å². The molecule has 0 radical (unpaired) electrons. The molecule has 4 heteroatoms. The molecule has 1 N–H and O–H groups in total. The Morgan fingerprint density at radius 1 is 1.10 bits per heavy atom. The second-order valence-corrected chi connectivity index (χ2v) is 8.20. The van der Waals surface area contributed by atoms with Crippen molar-refractivity contribution in [2.45, 2.75) is 51.6 Å². The summed E-state index contributed by atoms with van der Waals surface area (Å²) in [7, 11) is 0. The summed E-state index contributed by atoms with van der Waals surface area (Å²) in [5, 5.41) is 3.56. The van der Waals surface area contributed by atoms with Gasteiger partial charge in [-0.2, -0.15) is 0 Å². The average Bonchev–Trinajstić information content (AvgIpc) is 3.21. The molecule has 0 unspecified atom stereocenters. The van der Waals surface area contributed by atoms with Crippen LogP contribution in [0.4, 0.5) is 0 Å². The largest absolute Gasteiger partial charge is 0.465 e. The van der Waals surface area contributed by atoms with Crippen LogP contribution in [0.1, 0.15) is 50.3 Å². The minimum Gasteiger partial charge on any atom is -0.465 e. The van der Waals surface area contributed by atoms with Crippen molar-refractivity contribution in [3.8, 4) is 0 Å². The maximum Gasteiger partial charge on any atom is 0.323 e. The number of benzene rings is 2. The van der Waals surface area contributed by atoms with Crippen molar-refractivity contribution in [3.05, 3.63) is 71.8 Å². The molecule has 0 spiro atoms. The standard InChI is InChI=1S/C26H36N2O2/c1-3-30-26(29)25-24(15-10-18-27-19-16-22-11-6-4-7-12-22)17-20-28(25)21(2)23-13-8-5-9-14-23/h4-9,11-14,21,24-25,27H,3,10,15-20H2,1-2H3/t21-,24+,25-/m0/s1. The van der Waals surface area contributed by atoms with Crippen molar-refractivity contribution in [3.63, 3.8) is 0 Å². The fourth-order valence-corrected chi connectivity index (χ4v) is 4.59. The molecule has 1 saturated heterocycles. The van der Waals surface area contributed by atoms with Crippen molar-refractivity contribution >= 4 is 5.97 Å². The monoisotopic (exact) mass is 408 g/mol. The topological polar surface area (TPSA) is 41.6 Å². The summed E-state index contributed by atoms with van der Waals surface area (Å²) in [5.41, 5.74) is 2.63. The second-order valence-electron chi connectivity index (χ2n) is 8.20. The molecule has 2 aromatic rings. The number of nitrogens with zero attached hydrogens (tertiary/aromatic N) is 1. The van der Waals surface area contributed by atoms with Gasteiger partial charge >= 0.3 is 5.97 Å². The van der Waals surface area contributed by atoms with Crippen LogP contribution in [0.3, 0.4) is 0 Å². The molecular weight excluding hydrogens is 372 g/mol. The van der Waals surface area contributed by atoms with E-state index in [2.05, 4.69) is 71.7 Å². The Bertz CT molecular complexity index is 750. The molecule has 4 nitrogen and oxygen atoms in total. The first kappa shape index (κ1) is 22.5. The van der Waals surface area contributed by atoms with E-state index in [-0.39, 0.29) is 18.1 Å². The van der Waals surface area contributed by atoms with Gasteiger partial charge in [0.2, 0.25) is 0 Å². The number of nitrogens with one attached hydrogen (secondary N) is 1. The Hall–Kier alpha value is -2.17. The van der Waals surface area contributed by atoms with Crippen molar-refractivity contribution in [2.75, 3.05) is 26.2 Å². The molecule has 162 valence electrons. The predicted octanol–water partition coefficient (Wildman–Crippen LogP) is 4.61. The lowest BCUT2D eigenvalue weighted by atomic mass is 9.94. The number of rotatable bonds is 11. The lowest BCUT2D eigenvalue weighted by Gasteiger charge is -2.31. The van der Waals surface area contributed by atoms with Crippen LogP contribution in [-0.2, 0) is 16.0 Å². The number of likely N-dealkylation sites (tertiary alicyclic amines) is 1. The van der Waals surface area contributed by atoms with Crippen LogP contribution in [0.2, 0.25) is 0 Å². The molecule has 1 fully saturated rings. The summed E-state index contributed by atoms with van der Waals surface area (Å²) in [5.74, 6) is 0.311. The fourth-order valence-electron chi connectivity index (χ4n) is 4.59. The van der Waals surface area contributed by atoms with Crippen molar-refractivity contribution in [1.82, 2.24) is 10.2 Å². The average molecular weight is 409 g/mol. The van der Waals surface area contributed by atoms with Gasteiger partial charge in [-0.1, -0.05) is 60.7 Å². The van der Waals surface area contributed by atoms with Crippen LogP contribution < -0.4 is 5.32 Å². The van der Waals surface area contributed by atoms with Crippen LogP contribution >= 0.6 is 0 Å².